The maximum atomic E-state index is 13.7. The minimum absolute atomic E-state index is 0.159. The van der Waals surface area contributed by atoms with Crippen LogP contribution in [0.3, 0.4) is 0 Å². The van der Waals surface area contributed by atoms with Gasteiger partial charge in [-0.2, -0.15) is 0 Å². The van der Waals surface area contributed by atoms with Gasteiger partial charge in [-0.3, -0.25) is 19.2 Å². The Balaban J connectivity index is 1.77. The second-order valence-corrected chi connectivity index (χ2v) is 9.00. The Morgan fingerprint density at radius 3 is 2.59 bits per heavy atom. The molecule has 2 aliphatic rings. The summed E-state index contributed by atoms with van der Waals surface area (Å²) in [4.78, 5) is 52.0. The molecule has 166 valence electrons. The molecular weight excluding hydrogens is 430 g/mol. The summed E-state index contributed by atoms with van der Waals surface area (Å²) in [6, 6.07) is 14.0. The van der Waals surface area contributed by atoms with Crippen LogP contribution in [0.1, 0.15) is 29.2 Å². The van der Waals surface area contributed by atoms with Crippen molar-refractivity contribution in [3.05, 3.63) is 59.7 Å². The Kier molecular flexibility index (Phi) is 6.18. The summed E-state index contributed by atoms with van der Waals surface area (Å²) < 4.78 is 5.08. The van der Waals surface area contributed by atoms with E-state index in [9.17, 15) is 19.2 Å². The minimum Gasteiger partial charge on any atom is -0.452 e. The molecule has 3 amide bonds. The number of nitrogens with zero attached hydrogens (tertiary/aromatic N) is 1. The number of carbonyl (C=O) groups is 4. The number of fused-ring (bicyclic) bond motifs is 1. The van der Waals surface area contributed by atoms with Gasteiger partial charge in [-0.25, -0.2) is 0 Å². The van der Waals surface area contributed by atoms with E-state index in [1.165, 1.54) is 16.7 Å². The van der Waals surface area contributed by atoms with E-state index in [1.807, 2.05) is 49.4 Å². The fraction of sp³-hybridized carbons (Fsp3) is 0.304. The molecule has 2 unspecified atom stereocenters. The fourth-order valence-electron chi connectivity index (χ4n) is 3.88. The molecular formula is C23H23N3O5S. The number of carbonyl (C=O) groups excluding carboxylic acids is 4. The normalized spacial score (nSPS) is 22.7. The fourth-order valence-corrected chi connectivity index (χ4v) is 5.32. The van der Waals surface area contributed by atoms with Crippen LogP contribution in [0.2, 0.25) is 0 Å². The first-order valence-corrected chi connectivity index (χ1v) is 11.1. The number of amides is 3. The van der Waals surface area contributed by atoms with Crippen molar-refractivity contribution in [2.75, 3.05) is 11.4 Å². The lowest BCUT2D eigenvalue weighted by Crippen LogP contribution is -2.54. The molecule has 8 nitrogen and oxygen atoms in total. The van der Waals surface area contributed by atoms with Gasteiger partial charge in [0.05, 0.1) is 10.9 Å². The van der Waals surface area contributed by atoms with Gasteiger partial charge in [0.2, 0.25) is 5.91 Å². The molecule has 0 aromatic heterocycles. The first-order valence-electron chi connectivity index (χ1n) is 10.3. The Hall–Kier alpha value is -3.33. The average Bonchev–Trinajstić information content (AvgIpc) is 3.17. The molecule has 0 saturated carbocycles. The molecule has 2 aromatic carbocycles. The van der Waals surface area contributed by atoms with Crippen LogP contribution in [0.15, 0.2) is 53.4 Å². The lowest BCUT2D eigenvalue weighted by Gasteiger charge is -2.28. The van der Waals surface area contributed by atoms with Crippen molar-refractivity contribution in [1.29, 1.82) is 0 Å². The molecule has 3 atom stereocenters. The van der Waals surface area contributed by atoms with Crippen LogP contribution in [0.4, 0.5) is 5.69 Å². The van der Waals surface area contributed by atoms with Gasteiger partial charge in [-0.1, -0.05) is 36.4 Å². The number of esters is 1. The molecule has 2 heterocycles. The Morgan fingerprint density at radius 1 is 1.19 bits per heavy atom. The van der Waals surface area contributed by atoms with Gasteiger partial charge in [-0.15, -0.1) is 11.8 Å². The minimum atomic E-state index is -0.999. The van der Waals surface area contributed by atoms with Crippen molar-refractivity contribution in [2.45, 2.75) is 42.1 Å². The van der Waals surface area contributed by atoms with Crippen LogP contribution in [0.5, 0.6) is 0 Å². The Labute approximate surface area is 189 Å². The summed E-state index contributed by atoms with van der Waals surface area (Å²) in [5, 5.41) is 2.32. The molecule has 0 aliphatic carbocycles. The second kappa shape index (κ2) is 9.04. The zero-order valence-electron chi connectivity index (χ0n) is 17.4. The van der Waals surface area contributed by atoms with Crippen LogP contribution in [0.25, 0.3) is 0 Å². The molecule has 2 aromatic rings. The topological polar surface area (TPSA) is 119 Å². The molecule has 0 bridgehead atoms. The zero-order chi connectivity index (χ0) is 22.8. The van der Waals surface area contributed by atoms with Crippen molar-refractivity contribution in [3.63, 3.8) is 0 Å². The number of ether oxygens (including phenoxy) is 1. The van der Waals surface area contributed by atoms with Gasteiger partial charge in [0.1, 0.15) is 12.6 Å². The predicted octanol–water partition coefficient (Wildman–Crippen LogP) is 1.85. The number of thioether (sulfide) groups is 1. The molecule has 32 heavy (non-hydrogen) atoms. The standard InChI is InChI=1S/C23H23N3O5S/c1-13-7-8-15-17(11-13)32-21(14-5-3-2-4-6-14)20(23(30)26(15)12-18(24)27)25-22(29)16-9-10-19(28)31-16/h2-8,11,16,20-21H,9-10,12H2,1H3,(H2,24,27)(H,25,29)/t16-,20?,21?/m0/s1. The van der Waals surface area contributed by atoms with E-state index in [4.69, 9.17) is 10.5 Å². The second-order valence-electron chi connectivity index (χ2n) is 7.81. The Bertz CT molecular complexity index is 1070. The molecule has 4 rings (SSSR count). The molecule has 1 fully saturated rings. The number of hydrogen-bond acceptors (Lipinski definition) is 6. The number of aryl methyl sites for hydroxylation is 1. The maximum Gasteiger partial charge on any atom is 0.306 e. The lowest BCUT2D eigenvalue weighted by atomic mass is 10.0. The quantitative estimate of drug-likeness (QED) is 0.667. The first-order chi connectivity index (χ1) is 15.3. The smallest absolute Gasteiger partial charge is 0.306 e. The molecule has 1 saturated heterocycles. The zero-order valence-corrected chi connectivity index (χ0v) is 18.3. The number of hydrogen-bond donors (Lipinski definition) is 2. The van der Waals surface area contributed by atoms with E-state index < -0.39 is 41.1 Å². The van der Waals surface area contributed by atoms with Gasteiger partial charge in [0.15, 0.2) is 6.10 Å². The third kappa shape index (κ3) is 4.47. The number of anilines is 1. The summed E-state index contributed by atoms with van der Waals surface area (Å²) in [6.07, 6.45) is -0.514. The highest BCUT2D eigenvalue weighted by Crippen LogP contribution is 2.46. The van der Waals surface area contributed by atoms with E-state index in [1.54, 1.807) is 6.07 Å². The average molecular weight is 454 g/mol. The summed E-state index contributed by atoms with van der Waals surface area (Å²) >= 11 is 1.44. The number of rotatable bonds is 5. The van der Waals surface area contributed by atoms with Gasteiger partial charge >= 0.3 is 5.97 Å². The van der Waals surface area contributed by atoms with Gasteiger partial charge in [0.25, 0.3) is 11.8 Å². The monoisotopic (exact) mass is 453 g/mol. The van der Waals surface area contributed by atoms with Crippen LogP contribution < -0.4 is 16.0 Å². The number of cyclic esters (lactones) is 1. The van der Waals surface area contributed by atoms with Crippen LogP contribution >= 0.6 is 11.8 Å². The highest BCUT2D eigenvalue weighted by Gasteiger charge is 2.42. The van der Waals surface area contributed by atoms with E-state index in [0.29, 0.717) is 5.69 Å². The molecule has 3 N–H and O–H groups in total. The van der Waals surface area contributed by atoms with E-state index in [0.717, 1.165) is 16.0 Å². The van der Waals surface area contributed by atoms with E-state index in [-0.39, 0.29) is 19.4 Å². The van der Waals surface area contributed by atoms with Crippen molar-refractivity contribution in [2.24, 2.45) is 5.73 Å². The summed E-state index contributed by atoms with van der Waals surface area (Å²) in [5.41, 5.74) is 7.85. The number of primary amides is 1. The SMILES string of the molecule is Cc1ccc2c(c1)SC(c1ccccc1)C(NC(=O)[C@@H]1CCC(=O)O1)C(=O)N2CC(N)=O. The summed E-state index contributed by atoms with van der Waals surface area (Å²) in [7, 11) is 0. The highest BCUT2D eigenvalue weighted by molar-refractivity contribution is 7.99. The number of nitrogens with two attached hydrogens (primary N) is 1. The molecule has 2 aliphatic heterocycles. The Morgan fingerprint density at radius 2 is 1.94 bits per heavy atom. The van der Waals surface area contributed by atoms with E-state index in [2.05, 4.69) is 5.32 Å². The third-order valence-electron chi connectivity index (χ3n) is 5.41. The van der Waals surface area contributed by atoms with Crippen molar-refractivity contribution in [3.8, 4) is 0 Å². The molecule has 0 radical (unpaired) electrons. The molecule has 0 spiro atoms. The third-order valence-corrected chi connectivity index (χ3v) is 6.79. The van der Waals surface area contributed by atoms with Crippen molar-refractivity contribution < 1.29 is 23.9 Å². The largest absolute Gasteiger partial charge is 0.452 e. The van der Waals surface area contributed by atoms with Gasteiger partial charge in [-0.05, 0) is 30.2 Å². The van der Waals surface area contributed by atoms with Crippen molar-refractivity contribution in [1.82, 2.24) is 5.32 Å². The lowest BCUT2D eigenvalue weighted by molar-refractivity contribution is -0.148. The molecule has 9 heteroatoms. The predicted molar refractivity (Wildman–Crippen MR) is 119 cm³/mol. The van der Waals surface area contributed by atoms with Crippen LogP contribution in [-0.4, -0.2) is 42.4 Å². The summed E-state index contributed by atoms with van der Waals surface area (Å²) in [6.45, 7) is 1.62. The van der Waals surface area contributed by atoms with Crippen molar-refractivity contribution >= 4 is 41.1 Å². The van der Waals surface area contributed by atoms with Gasteiger partial charge < -0.3 is 20.7 Å². The first kappa shape index (κ1) is 21.9. The van der Waals surface area contributed by atoms with E-state index >= 15 is 0 Å². The van der Waals surface area contributed by atoms with Gasteiger partial charge in [0, 0.05) is 17.7 Å². The van der Waals surface area contributed by atoms with Crippen LogP contribution in [0, 0.1) is 6.92 Å². The summed E-state index contributed by atoms with van der Waals surface area (Å²) in [5.74, 6) is -2.09. The number of benzene rings is 2. The highest BCUT2D eigenvalue weighted by atomic mass is 32.2. The maximum absolute atomic E-state index is 13.7. The van der Waals surface area contributed by atoms with Crippen LogP contribution in [-0.2, 0) is 23.9 Å². The number of nitrogens with one attached hydrogen (secondary N) is 1.